The Labute approximate surface area is 60.9 Å². The number of hydrogen-bond donors (Lipinski definition) is 1. The lowest BCUT2D eigenvalue weighted by Gasteiger charge is -2.13. The summed E-state index contributed by atoms with van der Waals surface area (Å²) in [6, 6.07) is 0.865. The van der Waals surface area contributed by atoms with Crippen molar-refractivity contribution in [3.63, 3.8) is 0 Å². The quantitative estimate of drug-likeness (QED) is 0.507. The van der Waals surface area contributed by atoms with E-state index in [0.717, 1.165) is 12.6 Å². The van der Waals surface area contributed by atoms with E-state index in [1.54, 1.807) is 0 Å². The molecule has 0 atom stereocenters. The normalized spacial score (nSPS) is 12.0. The lowest BCUT2D eigenvalue weighted by Crippen LogP contribution is -2.38. The minimum absolute atomic E-state index is 0.865. The Balaban J connectivity index is 3.37. The topological polar surface area (TPSA) is 12.0 Å². The van der Waals surface area contributed by atoms with Crippen LogP contribution in [0, 0.1) is 0 Å². The first-order valence-electron chi connectivity index (χ1n) is 2.75. The molecule has 0 spiro atoms. The monoisotopic (exact) mass is 171 g/mol. The van der Waals surface area contributed by atoms with Gasteiger partial charge in [0.15, 0.2) is 0 Å². The van der Waals surface area contributed by atoms with Gasteiger partial charge in [0.05, 0.1) is 0 Å². The van der Waals surface area contributed by atoms with E-state index in [4.69, 9.17) is 22.2 Å². The lowest BCUT2D eigenvalue weighted by atomic mass is 10.8. The first-order valence-corrected chi connectivity index (χ1v) is 6.98. The van der Waals surface area contributed by atoms with Crippen molar-refractivity contribution >= 4 is 29.0 Å². The number of rotatable bonds is 3. The average molecular weight is 172 g/mol. The molecule has 0 rings (SSSR count). The second-order valence-electron chi connectivity index (χ2n) is 1.59. The molecule has 50 valence electrons. The van der Waals surface area contributed by atoms with Crippen LogP contribution in [0.3, 0.4) is 0 Å². The maximum Gasteiger partial charge on any atom is 0.322 e. The maximum absolute atomic E-state index is 5.81. The molecule has 0 amide bonds. The van der Waals surface area contributed by atoms with Crippen LogP contribution in [0.2, 0.25) is 6.04 Å². The first-order chi connectivity index (χ1) is 3.62. The summed E-state index contributed by atoms with van der Waals surface area (Å²) in [5.41, 5.74) is 0. The van der Waals surface area contributed by atoms with E-state index in [1.165, 1.54) is 0 Å². The molecule has 1 nitrogen and oxygen atoms in total. The minimum atomic E-state index is -1.98. The zero-order chi connectivity index (χ0) is 6.62. The maximum atomic E-state index is 5.81. The average Bonchev–Trinajstić information content (AvgIpc) is 1.67. The standard InChI is InChI=1S/C4H11Cl2NSi/c1-3-7-8(5,6)4-2/h7H,3-4H2,1-2H3. The molecular weight excluding hydrogens is 161 g/mol. The van der Waals surface area contributed by atoms with Crippen molar-refractivity contribution in [3.05, 3.63) is 0 Å². The Morgan fingerprint density at radius 1 is 1.38 bits per heavy atom. The molecule has 4 heteroatoms. The number of hydrogen-bond acceptors (Lipinski definition) is 1. The Kier molecular flexibility index (Phi) is 4.07. The van der Waals surface area contributed by atoms with Gasteiger partial charge in [-0.1, -0.05) is 13.8 Å². The van der Waals surface area contributed by atoms with Gasteiger partial charge >= 0.3 is 6.86 Å². The summed E-state index contributed by atoms with van der Waals surface area (Å²) in [6.07, 6.45) is 0. The molecule has 0 aliphatic carbocycles. The SMILES string of the molecule is CCN[Si](Cl)(Cl)CC. The fourth-order valence-electron chi connectivity index (χ4n) is 0.384. The minimum Gasteiger partial charge on any atom is -0.314 e. The zero-order valence-corrected chi connectivity index (χ0v) is 7.68. The largest absolute Gasteiger partial charge is 0.322 e. The molecule has 0 aliphatic heterocycles. The van der Waals surface area contributed by atoms with Crippen molar-refractivity contribution in [1.29, 1.82) is 0 Å². The van der Waals surface area contributed by atoms with Gasteiger partial charge in [-0.05, 0) is 12.6 Å². The first kappa shape index (κ1) is 8.76. The fraction of sp³-hybridized carbons (Fsp3) is 1.00. The van der Waals surface area contributed by atoms with E-state index < -0.39 is 6.86 Å². The van der Waals surface area contributed by atoms with Crippen LogP contribution < -0.4 is 4.98 Å². The fourth-order valence-corrected chi connectivity index (χ4v) is 1.95. The Bertz CT molecular complexity index is 67.1. The summed E-state index contributed by atoms with van der Waals surface area (Å²) < 4.78 is 0. The van der Waals surface area contributed by atoms with Crippen molar-refractivity contribution in [2.75, 3.05) is 6.54 Å². The predicted molar refractivity (Wildman–Crippen MR) is 41.6 cm³/mol. The van der Waals surface area contributed by atoms with Gasteiger partial charge in [0.1, 0.15) is 0 Å². The highest BCUT2D eigenvalue weighted by Gasteiger charge is 2.23. The van der Waals surface area contributed by atoms with E-state index in [0.29, 0.717) is 0 Å². The Morgan fingerprint density at radius 2 is 1.88 bits per heavy atom. The number of halogens is 2. The third-order valence-corrected chi connectivity index (χ3v) is 5.04. The highest BCUT2D eigenvalue weighted by molar-refractivity contribution is 7.44. The summed E-state index contributed by atoms with van der Waals surface area (Å²) in [5.74, 6) is 0. The van der Waals surface area contributed by atoms with Gasteiger partial charge in [-0.15, -0.1) is 22.2 Å². The summed E-state index contributed by atoms with van der Waals surface area (Å²) in [7, 11) is 0. The molecule has 0 aliphatic rings. The second-order valence-corrected chi connectivity index (χ2v) is 8.51. The van der Waals surface area contributed by atoms with Gasteiger partial charge in [0, 0.05) is 0 Å². The van der Waals surface area contributed by atoms with Crippen LogP contribution in [0.5, 0.6) is 0 Å². The van der Waals surface area contributed by atoms with E-state index in [2.05, 4.69) is 4.98 Å². The van der Waals surface area contributed by atoms with Crippen LogP contribution in [0.25, 0.3) is 0 Å². The molecule has 0 fully saturated rings. The molecule has 8 heavy (non-hydrogen) atoms. The molecule has 0 saturated carbocycles. The van der Waals surface area contributed by atoms with Gasteiger partial charge < -0.3 is 4.98 Å². The second kappa shape index (κ2) is 3.72. The van der Waals surface area contributed by atoms with Gasteiger partial charge in [-0.2, -0.15) is 0 Å². The molecule has 0 unspecified atom stereocenters. The van der Waals surface area contributed by atoms with Gasteiger partial charge in [0.2, 0.25) is 0 Å². The van der Waals surface area contributed by atoms with Crippen molar-refractivity contribution in [2.45, 2.75) is 19.9 Å². The predicted octanol–water partition coefficient (Wildman–Crippen LogP) is 2.03. The van der Waals surface area contributed by atoms with Crippen molar-refractivity contribution in [1.82, 2.24) is 4.98 Å². The van der Waals surface area contributed by atoms with Gasteiger partial charge in [0.25, 0.3) is 0 Å². The lowest BCUT2D eigenvalue weighted by molar-refractivity contribution is 0.983. The summed E-state index contributed by atoms with van der Waals surface area (Å²) in [6.45, 7) is 2.88. The van der Waals surface area contributed by atoms with Crippen LogP contribution in [-0.4, -0.2) is 13.4 Å². The van der Waals surface area contributed by atoms with E-state index in [1.807, 2.05) is 13.8 Å². The number of nitrogens with one attached hydrogen (secondary N) is 1. The van der Waals surface area contributed by atoms with Crippen LogP contribution >= 0.6 is 22.2 Å². The molecule has 0 aromatic heterocycles. The molecule has 0 aromatic rings. The van der Waals surface area contributed by atoms with Crippen molar-refractivity contribution in [3.8, 4) is 0 Å². The molecule has 0 aromatic carbocycles. The van der Waals surface area contributed by atoms with Gasteiger partial charge in [-0.25, -0.2) is 0 Å². The van der Waals surface area contributed by atoms with Crippen LogP contribution in [0.15, 0.2) is 0 Å². The summed E-state index contributed by atoms with van der Waals surface area (Å²) >= 11 is 11.6. The summed E-state index contributed by atoms with van der Waals surface area (Å²) in [4.78, 5) is 3.04. The molecule has 0 saturated heterocycles. The molecule has 1 N–H and O–H groups in total. The Hall–Kier alpha value is 0.757. The smallest absolute Gasteiger partial charge is 0.314 e. The highest BCUT2D eigenvalue weighted by Crippen LogP contribution is 2.14. The van der Waals surface area contributed by atoms with Gasteiger partial charge in [-0.3, -0.25) is 0 Å². The third kappa shape index (κ3) is 3.72. The van der Waals surface area contributed by atoms with Crippen LogP contribution in [-0.2, 0) is 0 Å². The van der Waals surface area contributed by atoms with Crippen LogP contribution in [0.1, 0.15) is 13.8 Å². The van der Waals surface area contributed by atoms with E-state index in [-0.39, 0.29) is 0 Å². The zero-order valence-electron chi connectivity index (χ0n) is 5.17. The molecular formula is C4H11Cl2NSi. The van der Waals surface area contributed by atoms with Crippen LogP contribution in [0.4, 0.5) is 0 Å². The Morgan fingerprint density at radius 3 is 2.00 bits per heavy atom. The summed E-state index contributed by atoms with van der Waals surface area (Å²) in [5, 5.41) is 0. The molecule has 0 heterocycles. The van der Waals surface area contributed by atoms with E-state index in [9.17, 15) is 0 Å². The van der Waals surface area contributed by atoms with E-state index >= 15 is 0 Å². The third-order valence-electron chi connectivity index (χ3n) is 0.879. The molecule has 0 radical (unpaired) electrons. The molecule has 0 bridgehead atoms. The van der Waals surface area contributed by atoms with Crippen molar-refractivity contribution in [2.24, 2.45) is 0 Å². The highest BCUT2D eigenvalue weighted by atomic mass is 35.7. The van der Waals surface area contributed by atoms with Crippen molar-refractivity contribution < 1.29 is 0 Å².